The molecule has 2 aliphatic heterocycles. The van der Waals surface area contributed by atoms with Crippen LogP contribution in [-0.2, 0) is 27.3 Å². The number of phenolic OH excluding ortho intramolecular Hbond substituents is 1. The van der Waals surface area contributed by atoms with Crippen molar-refractivity contribution in [1.82, 2.24) is 0 Å². The Balaban J connectivity index is 0.000000512. The minimum Gasteiger partial charge on any atom is -0.542 e. The van der Waals surface area contributed by atoms with E-state index in [1.807, 2.05) is 0 Å². The topological polar surface area (TPSA) is 178 Å². The summed E-state index contributed by atoms with van der Waals surface area (Å²) in [6, 6.07) is 6.05. The number of ether oxygens (including phenoxy) is 1. The minimum absolute atomic E-state index is 0.0289. The summed E-state index contributed by atoms with van der Waals surface area (Å²) in [4.78, 5) is 45.4. The van der Waals surface area contributed by atoms with E-state index in [2.05, 4.69) is 18.5 Å². The molecule has 2 aromatic carbocycles. The number of carboxylic acids is 2. The Kier molecular flexibility index (Phi) is 15.6. The number of nitrogens with one attached hydrogen (secondary N) is 1. The highest BCUT2D eigenvalue weighted by atomic mass is 35.5. The third kappa shape index (κ3) is 11.1. The van der Waals surface area contributed by atoms with Crippen LogP contribution in [0.1, 0.15) is 21.5 Å². The molecule has 2 heterocycles. The predicted octanol–water partition coefficient (Wildman–Crippen LogP) is 3.51. The molecule has 0 amide bonds. The van der Waals surface area contributed by atoms with Crippen molar-refractivity contribution in [1.29, 1.82) is 0 Å². The number of aliphatic carboxylic acids is 2. The number of benzene rings is 3. The van der Waals surface area contributed by atoms with Gasteiger partial charge in [-0.05, 0) is 36.2 Å². The normalized spacial score (nSPS) is 13.2. The van der Waals surface area contributed by atoms with Gasteiger partial charge in [-0.2, -0.15) is 26.3 Å². The summed E-state index contributed by atoms with van der Waals surface area (Å²) in [5, 5.41) is 31.9. The van der Waals surface area contributed by atoms with E-state index in [1.165, 1.54) is 23.1 Å². The second-order valence-corrected chi connectivity index (χ2v) is 13.3. The average Bonchev–Trinajstić information content (AvgIpc) is 3.12. The largest absolute Gasteiger partial charge is 0.542 e. The predicted molar refractivity (Wildman–Crippen MR) is 189 cm³/mol. The van der Waals surface area contributed by atoms with Crippen molar-refractivity contribution in [3.8, 4) is 28.2 Å². The maximum absolute atomic E-state index is 13.3. The molecule has 1 aliphatic carbocycles. The first-order valence-corrected chi connectivity index (χ1v) is 17.3. The van der Waals surface area contributed by atoms with Crippen LogP contribution in [0.2, 0.25) is 20.1 Å². The van der Waals surface area contributed by atoms with E-state index in [0.29, 0.717) is 39.8 Å². The molecule has 302 valence electrons. The molecule has 1 saturated heterocycles. The molecule has 0 unspecified atom stereocenters. The molecule has 0 bridgehead atoms. The summed E-state index contributed by atoms with van der Waals surface area (Å²) in [7, 11) is 0. The van der Waals surface area contributed by atoms with Gasteiger partial charge in [0.25, 0.3) is 0 Å². The molecule has 0 spiro atoms. The van der Waals surface area contributed by atoms with Crippen LogP contribution in [0.25, 0.3) is 33.4 Å². The minimum atomic E-state index is -5.19. The Morgan fingerprint density at radius 3 is 1.91 bits per heavy atom. The number of hydrogen-bond donors (Lipinski definition) is 3. The number of fused-ring (bicyclic) bond motifs is 2. The molecule has 56 heavy (non-hydrogen) atoms. The summed E-state index contributed by atoms with van der Waals surface area (Å²) in [5.74, 6) is -6.54. The first-order valence-electron chi connectivity index (χ1n) is 15.8. The van der Waals surface area contributed by atoms with Crippen LogP contribution >= 0.6 is 46.4 Å². The van der Waals surface area contributed by atoms with E-state index in [4.69, 9.17) is 75.4 Å². The molecule has 1 fully saturated rings. The van der Waals surface area contributed by atoms with Gasteiger partial charge in [-0.15, -0.1) is 6.58 Å². The number of piperazine rings is 1. The lowest BCUT2D eigenvalue weighted by Gasteiger charge is -2.25. The summed E-state index contributed by atoms with van der Waals surface area (Å²) in [6.07, 6.45) is -7.19. The Hall–Kier alpha value is -4.52. The smallest absolute Gasteiger partial charge is 0.430 e. The second kappa shape index (κ2) is 19.1. The van der Waals surface area contributed by atoms with Gasteiger partial charge in [0.15, 0.2) is 0 Å². The van der Waals surface area contributed by atoms with E-state index >= 15 is 0 Å². The monoisotopic (exact) mass is 874 g/mol. The van der Waals surface area contributed by atoms with Crippen molar-refractivity contribution in [3.05, 3.63) is 96.6 Å². The molecule has 3 aliphatic rings. The number of esters is 1. The number of carbonyl (C=O) groups excluding carboxylic acids is 3. The highest BCUT2D eigenvalue weighted by Gasteiger charge is 2.32. The quantitative estimate of drug-likeness (QED) is 0.104. The number of carboxylic acid groups (broad SMARTS) is 2. The van der Waals surface area contributed by atoms with Gasteiger partial charge in [-0.25, -0.2) is 4.79 Å². The molecule has 0 radical (unpaired) electrons. The fourth-order valence-corrected chi connectivity index (χ4v) is 6.20. The maximum atomic E-state index is 13.3. The van der Waals surface area contributed by atoms with Gasteiger partial charge in [0.2, 0.25) is 5.43 Å². The van der Waals surface area contributed by atoms with Crippen LogP contribution < -0.4 is 25.9 Å². The van der Waals surface area contributed by atoms with Gasteiger partial charge in [0.05, 0.1) is 31.2 Å². The molecular formula is C35H28Cl4F6N2O9. The number of nitrogens with two attached hydrogens (primary N) is 1. The average molecular weight is 876 g/mol. The summed E-state index contributed by atoms with van der Waals surface area (Å²) in [5.41, 5.74) is 2.07. The molecule has 11 nitrogen and oxygen atoms in total. The lowest BCUT2D eigenvalue weighted by atomic mass is 9.88. The lowest BCUT2D eigenvalue weighted by molar-refractivity contribution is -0.957. The summed E-state index contributed by atoms with van der Waals surface area (Å²) in [6.45, 7) is 11.4. The fraction of sp³-hybridized carbons (Fsp3) is 0.257. The van der Waals surface area contributed by atoms with Crippen LogP contribution in [0.3, 0.4) is 0 Å². The maximum Gasteiger partial charge on any atom is 0.430 e. The number of aromatic hydroxyl groups is 1. The van der Waals surface area contributed by atoms with Crippen LogP contribution in [0.4, 0.5) is 26.3 Å². The number of allylic oxidation sites excluding steroid dienone is 1. The third-order valence-corrected chi connectivity index (χ3v) is 9.14. The van der Waals surface area contributed by atoms with Crippen molar-refractivity contribution < 1.29 is 75.4 Å². The molecule has 0 saturated carbocycles. The zero-order chi connectivity index (χ0) is 42.3. The molecule has 4 N–H and O–H groups in total. The van der Waals surface area contributed by atoms with Crippen molar-refractivity contribution in [2.75, 3.05) is 32.8 Å². The molecule has 0 aromatic heterocycles. The van der Waals surface area contributed by atoms with Gasteiger partial charge in [0, 0.05) is 22.1 Å². The first-order chi connectivity index (χ1) is 26.0. The third-order valence-electron chi connectivity index (χ3n) is 7.85. The standard InChI is InChI=1S/C31H26Cl4N2O5.2C2HF3O2/c1-3-5-16-27(38)24(34)13-19-26(17-11-22(32)23(33)12-18(17)31(40)41-10-4-2)20-14-25(35)28(39)21(30(20)42-29(16)19)15-37-8-6-36-7-9-37;2*3-2(4,5)1(6)7/h3-4,11-14,36,39H,1-2,5-10,15H2;2*(H,6,7). The van der Waals surface area contributed by atoms with E-state index in [-0.39, 0.29) is 55.8 Å². The Bertz CT molecular complexity index is 2160. The summed E-state index contributed by atoms with van der Waals surface area (Å²) < 4.78 is 75.0. The second-order valence-electron chi connectivity index (χ2n) is 11.6. The fourth-order valence-electron chi connectivity index (χ4n) is 5.42. The van der Waals surface area contributed by atoms with E-state index in [0.717, 1.165) is 26.2 Å². The number of alkyl halides is 6. The highest BCUT2D eigenvalue weighted by molar-refractivity contribution is 6.42. The van der Waals surface area contributed by atoms with Gasteiger partial charge >= 0.3 is 18.3 Å². The van der Waals surface area contributed by atoms with Crippen LogP contribution in [0, 0.1) is 0 Å². The molecule has 21 heteroatoms. The Morgan fingerprint density at radius 2 is 1.39 bits per heavy atom. The van der Waals surface area contributed by atoms with Crippen molar-refractivity contribution in [2.45, 2.75) is 25.3 Å². The number of halogens is 10. The zero-order valence-corrected chi connectivity index (χ0v) is 31.4. The van der Waals surface area contributed by atoms with Crippen LogP contribution in [0.15, 0.2) is 58.8 Å². The number of hydrogen-bond acceptors (Lipinski definition) is 9. The number of phenols is 1. The van der Waals surface area contributed by atoms with E-state index in [1.54, 1.807) is 18.2 Å². The van der Waals surface area contributed by atoms with E-state index in [9.17, 15) is 41.0 Å². The lowest BCUT2D eigenvalue weighted by Crippen LogP contribution is -3.19. The number of rotatable bonds is 8. The van der Waals surface area contributed by atoms with Gasteiger partial charge in [-0.1, -0.05) is 65.1 Å². The SMILES string of the molecule is C=CCOC(=O)c1cc(Cl)c(Cl)cc1-c1c2cc(Cl)c(=O)c(CC=C)c-2oc2c(C[NH+]3CC[NH2+]CC3)c(O)c(Cl)cc12.O=C([O-])C(F)(F)F.O=C([O-])C(F)(F)F. The van der Waals surface area contributed by atoms with Gasteiger partial charge in [0.1, 0.15) is 68.4 Å². The summed E-state index contributed by atoms with van der Waals surface area (Å²) >= 11 is 26.0. The molecule has 5 rings (SSSR count). The highest BCUT2D eigenvalue weighted by Crippen LogP contribution is 2.48. The van der Waals surface area contributed by atoms with Crippen LogP contribution in [0.5, 0.6) is 5.75 Å². The Labute approximate surface area is 332 Å². The Morgan fingerprint density at radius 1 is 0.857 bits per heavy atom. The first kappa shape index (κ1) is 45.9. The van der Waals surface area contributed by atoms with Gasteiger partial charge in [-0.3, -0.25) is 4.79 Å². The van der Waals surface area contributed by atoms with Crippen molar-refractivity contribution in [3.63, 3.8) is 0 Å². The molecular weight excluding hydrogens is 848 g/mol. The molecule has 0 atom stereocenters. The number of quaternary nitrogens is 2. The van der Waals surface area contributed by atoms with Crippen molar-refractivity contribution >= 4 is 75.3 Å². The molecule has 2 aromatic rings. The zero-order valence-electron chi connectivity index (χ0n) is 28.4. The van der Waals surface area contributed by atoms with Crippen LogP contribution in [-0.4, -0.2) is 68.2 Å². The number of carbonyl (C=O) groups is 3. The van der Waals surface area contributed by atoms with Gasteiger partial charge < -0.3 is 44.3 Å². The van der Waals surface area contributed by atoms with Crippen molar-refractivity contribution in [2.24, 2.45) is 0 Å². The van der Waals surface area contributed by atoms with E-state index < -0.39 is 35.7 Å².